The molecule has 0 unspecified atom stereocenters. The Morgan fingerprint density at radius 1 is 1.59 bits per heavy atom. The number of pyridine rings is 1. The van der Waals surface area contributed by atoms with Gasteiger partial charge in [0.05, 0.1) is 5.70 Å². The van der Waals surface area contributed by atoms with Gasteiger partial charge in [0.2, 0.25) is 5.78 Å². The van der Waals surface area contributed by atoms with Gasteiger partial charge in [-0.1, -0.05) is 0 Å². The summed E-state index contributed by atoms with van der Waals surface area (Å²) in [6.45, 7) is 0. The number of allylic oxidation sites excluding steroid dienone is 2. The van der Waals surface area contributed by atoms with Crippen LogP contribution in [0.3, 0.4) is 0 Å². The van der Waals surface area contributed by atoms with Crippen molar-refractivity contribution in [1.29, 1.82) is 0 Å². The second kappa shape index (κ2) is 5.36. The molecule has 1 saturated carbocycles. The molecule has 1 aromatic heterocycles. The van der Waals surface area contributed by atoms with Crippen LogP contribution in [0.25, 0.3) is 0 Å². The van der Waals surface area contributed by atoms with E-state index in [1.807, 2.05) is 6.26 Å². The normalized spacial score (nSPS) is 16.5. The molecule has 1 fully saturated rings. The number of carbonyl (C=O) groups excluding carboxylic acids is 1. The van der Waals surface area contributed by atoms with Crippen LogP contribution >= 0.6 is 11.8 Å². The van der Waals surface area contributed by atoms with E-state index in [0.717, 1.165) is 17.2 Å². The topological polar surface area (TPSA) is 56.0 Å². The van der Waals surface area contributed by atoms with E-state index in [2.05, 4.69) is 4.98 Å². The van der Waals surface area contributed by atoms with Gasteiger partial charge in [0.25, 0.3) is 0 Å². The van der Waals surface area contributed by atoms with Gasteiger partial charge in [-0.15, -0.1) is 11.8 Å². The van der Waals surface area contributed by atoms with Crippen molar-refractivity contribution >= 4 is 17.5 Å². The van der Waals surface area contributed by atoms with Crippen molar-refractivity contribution in [3.05, 3.63) is 40.7 Å². The van der Waals surface area contributed by atoms with Crippen molar-refractivity contribution in [2.24, 2.45) is 11.7 Å². The van der Waals surface area contributed by atoms with Gasteiger partial charge in [0.1, 0.15) is 0 Å². The van der Waals surface area contributed by atoms with Gasteiger partial charge in [-0.3, -0.25) is 9.78 Å². The summed E-state index contributed by atoms with van der Waals surface area (Å²) < 4.78 is 0. The highest BCUT2D eigenvalue weighted by molar-refractivity contribution is 8.02. The highest BCUT2D eigenvalue weighted by Crippen LogP contribution is 2.38. The first kappa shape index (κ1) is 12.2. The predicted molar refractivity (Wildman–Crippen MR) is 70.6 cm³/mol. The van der Waals surface area contributed by atoms with E-state index in [9.17, 15) is 4.79 Å². The van der Waals surface area contributed by atoms with E-state index in [4.69, 9.17) is 5.73 Å². The molecule has 1 aliphatic rings. The lowest BCUT2D eigenvalue weighted by Gasteiger charge is -2.08. The van der Waals surface area contributed by atoms with Gasteiger partial charge in [0.15, 0.2) is 0 Å². The lowest BCUT2D eigenvalue weighted by atomic mass is 10.1. The molecular weight excluding hydrogens is 232 g/mol. The minimum absolute atomic E-state index is 0.108. The lowest BCUT2D eigenvalue weighted by Crippen LogP contribution is -2.14. The quantitative estimate of drug-likeness (QED) is 0.643. The molecule has 17 heavy (non-hydrogen) atoms. The molecule has 3 nitrogen and oxygen atoms in total. The fraction of sp³-hybridized carbons (Fsp3) is 0.385. The highest BCUT2D eigenvalue weighted by Gasteiger charge is 2.24. The molecule has 0 aliphatic heterocycles. The van der Waals surface area contributed by atoms with E-state index < -0.39 is 0 Å². The van der Waals surface area contributed by atoms with Crippen molar-refractivity contribution in [2.45, 2.75) is 19.3 Å². The minimum Gasteiger partial charge on any atom is -0.395 e. The maximum Gasteiger partial charge on any atom is 0.210 e. The number of hydrogen-bond donors (Lipinski definition) is 1. The van der Waals surface area contributed by atoms with Crippen molar-refractivity contribution in [2.75, 3.05) is 6.26 Å². The Hall–Kier alpha value is -1.29. The third-order valence-corrected chi connectivity index (χ3v) is 3.77. The average molecular weight is 248 g/mol. The Bertz CT molecular complexity index is 438. The van der Waals surface area contributed by atoms with Crippen LogP contribution in [0, 0.1) is 5.92 Å². The fourth-order valence-electron chi connectivity index (χ4n) is 1.67. The Balaban J connectivity index is 2.18. The standard InChI is InChI=1S/C13H16N2OS/c1-17-11(7-9-4-5-9)12(14)13(16)10-3-2-6-15-8-10/h2-3,6,8-9H,4-5,7,14H2,1H3/b12-11-. The van der Waals surface area contributed by atoms with Crippen molar-refractivity contribution in [3.63, 3.8) is 0 Å². The highest BCUT2D eigenvalue weighted by atomic mass is 32.2. The van der Waals surface area contributed by atoms with Crippen molar-refractivity contribution in [1.82, 2.24) is 4.98 Å². The number of aromatic nitrogens is 1. The predicted octanol–water partition coefficient (Wildman–Crippen LogP) is 2.60. The molecule has 2 rings (SSSR count). The second-order valence-corrected chi connectivity index (χ2v) is 5.16. The van der Waals surface area contributed by atoms with Crippen LogP contribution in [0.15, 0.2) is 35.1 Å². The third-order valence-electron chi connectivity index (χ3n) is 2.89. The van der Waals surface area contributed by atoms with Crippen LogP contribution in [-0.4, -0.2) is 17.0 Å². The molecule has 0 spiro atoms. The number of nitrogens with zero attached hydrogens (tertiary/aromatic N) is 1. The van der Waals surface area contributed by atoms with Gasteiger partial charge in [-0.2, -0.15) is 0 Å². The molecule has 2 N–H and O–H groups in total. The number of ketones is 1. The van der Waals surface area contributed by atoms with Gasteiger partial charge in [-0.25, -0.2) is 0 Å². The van der Waals surface area contributed by atoms with Crippen molar-refractivity contribution in [3.8, 4) is 0 Å². The van der Waals surface area contributed by atoms with E-state index in [-0.39, 0.29) is 5.78 Å². The number of hydrogen-bond acceptors (Lipinski definition) is 4. The third kappa shape index (κ3) is 3.09. The van der Waals surface area contributed by atoms with Crippen LogP contribution in [0.2, 0.25) is 0 Å². The maximum absolute atomic E-state index is 12.1. The Kier molecular flexibility index (Phi) is 3.84. The van der Waals surface area contributed by atoms with E-state index in [1.54, 1.807) is 36.3 Å². The summed E-state index contributed by atoms with van der Waals surface area (Å²) >= 11 is 1.58. The summed E-state index contributed by atoms with van der Waals surface area (Å²) in [7, 11) is 0. The smallest absolute Gasteiger partial charge is 0.210 e. The lowest BCUT2D eigenvalue weighted by molar-refractivity contribution is 0.103. The van der Waals surface area contributed by atoms with Crippen molar-refractivity contribution < 1.29 is 4.79 Å². The molecule has 0 saturated heterocycles. The number of carbonyl (C=O) groups is 1. The SMILES string of the molecule is CS/C(CC1CC1)=C(\N)C(=O)c1cccnc1. The molecule has 90 valence electrons. The number of nitrogens with two attached hydrogens (primary N) is 1. The minimum atomic E-state index is -0.108. The van der Waals surface area contributed by atoms with Crippen LogP contribution in [-0.2, 0) is 0 Å². The fourth-order valence-corrected chi connectivity index (χ4v) is 2.38. The van der Waals surface area contributed by atoms with Gasteiger partial charge < -0.3 is 5.73 Å². The zero-order valence-electron chi connectivity index (χ0n) is 9.85. The number of thioether (sulfide) groups is 1. The summed E-state index contributed by atoms with van der Waals surface area (Å²) in [5.74, 6) is 0.626. The first-order valence-corrected chi connectivity index (χ1v) is 6.92. The first-order chi connectivity index (χ1) is 8.22. The van der Waals surface area contributed by atoms with E-state index >= 15 is 0 Å². The summed E-state index contributed by atoms with van der Waals surface area (Å²) in [6, 6.07) is 3.50. The molecule has 1 aromatic rings. The van der Waals surface area contributed by atoms with Crippen LogP contribution in [0.1, 0.15) is 29.6 Å². The summed E-state index contributed by atoms with van der Waals surface area (Å²) in [5.41, 5.74) is 6.91. The van der Waals surface area contributed by atoms with Crippen LogP contribution in [0.5, 0.6) is 0 Å². The zero-order chi connectivity index (χ0) is 12.3. The second-order valence-electron chi connectivity index (χ2n) is 4.26. The average Bonchev–Trinajstić information content (AvgIpc) is 3.19. The molecule has 1 aliphatic carbocycles. The van der Waals surface area contributed by atoms with Gasteiger partial charge in [-0.05, 0) is 43.6 Å². The monoisotopic (exact) mass is 248 g/mol. The maximum atomic E-state index is 12.1. The van der Waals surface area contributed by atoms with Gasteiger partial charge in [0, 0.05) is 22.9 Å². The largest absolute Gasteiger partial charge is 0.395 e. The summed E-state index contributed by atoms with van der Waals surface area (Å²) in [5, 5.41) is 0. The Morgan fingerprint density at radius 3 is 2.88 bits per heavy atom. The van der Waals surface area contributed by atoms with E-state index in [0.29, 0.717) is 11.3 Å². The molecule has 1 heterocycles. The van der Waals surface area contributed by atoms with Crippen LogP contribution < -0.4 is 5.73 Å². The Morgan fingerprint density at radius 2 is 2.35 bits per heavy atom. The molecule has 0 radical (unpaired) electrons. The molecular formula is C13H16N2OS. The van der Waals surface area contributed by atoms with Gasteiger partial charge >= 0.3 is 0 Å². The summed E-state index contributed by atoms with van der Waals surface area (Å²) in [4.78, 5) is 17.1. The molecule has 4 heteroatoms. The Labute approximate surface area is 105 Å². The molecule has 0 amide bonds. The van der Waals surface area contributed by atoms with E-state index in [1.165, 1.54) is 12.8 Å². The first-order valence-electron chi connectivity index (χ1n) is 5.69. The summed E-state index contributed by atoms with van der Waals surface area (Å²) in [6.07, 6.45) is 8.65. The molecule has 0 bridgehead atoms. The molecule has 0 atom stereocenters. The number of Topliss-reactive ketones (excluding diaryl/α,β-unsaturated/α-hetero) is 1. The molecule has 0 aromatic carbocycles. The van der Waals surface area contributed by atoms with Crippen LogP contribution in [0.4, 0.5) is 0 Å². The number of rotatable bonds is 5. The zero-order valence-corrected chi connectivity index (χ0v) is 10.7.